The number of non-ortho nitro benzene ring substituents is 1. The Morgan fingerprint density at radius 3 is 2.56 bits per heavy atom. The summed E-state index contributed by atoms with van der Waals surface area (Å²) < 4.78 is 47.7. The van der Waals surface area contributed by atoms with Gasteiger partial charge in [0.25, 0.3) is 11.7 Å². The second kappa shape index (κ2) is 11.5. The summed E-state index contributed by atoms with van der Waals surface area (Å²) in [6.07, 6.45) is 2.87. The first-order valence-electron chi connectivity index (χ1n) is 13.1. The van der Waals surface area contributed by atoms with E-state index in [9.17, 15) is 23.3 Å². The molecule has 2 heterocycles. The molecule has 0 amide bonds. The fraction of sp³-hybridized carbons (Fsp3) is 0.444. The number of piperidine rings is 1. The monoisotopic (exact) mass is 545 g/mol. The number of anilines is 2. The molecule has 0 spiro atoms. The smallest absolute Gasteiger partial charge is 0.424 e. The Kier molecular flexibility index (Phi) is 7.92. The predicted octanol–water partition coefficient (Wildman–Crippen LogP) is 6.13. The number of nitro benzene ring substituents is 1. The van der Waals surface area contributed by atoms with Crippen LogP contribution in [0, 0.1) is 10.1 Å². The van der Waals surface area contributed by atoms with Gasteiger partial charge < -0.3 is 24.7 Å². The van der Waals surface area contributed by atoms with Gasteiger partial charge in [-0.3, -0.25) is 10.1 Å². The largest absolute Gasteiger partial charge is 0.573 e. The molecule has 2 aliphatic rings. The summed E-state index contributed by atoms with van der Waals surface area (Å²) >= 11 is 0. The molecule has 3 aromatic rings. The van der Waals surface area contributed by atoms with E-state index in [1.807, 2.05) is 0 Å². The maximum atomic E-state index is 12.6. The van der Waals surface area contributed by atoms with Crippen LogP contribution in [0.25, 0.3) is 11.3 Å². The van der Waals surface area contributed by atoms with E-state index in [-0.39, 0.29) is 29.6 Å². The highest BCUT2D eigenvalue weighted by atomic mass is 19.4. The van der Waals surface area contributed by atoms with Gasteiger partial charge in [0.15, 0.2) is 5.76 Å². The van der Waals surface area contributed by atoms with Crippen molar-refractivity contribution in [1.29, 1.82) is 0 Å². The van der Waals surface area contributed by atoms with Crippen LogP contribution in [-0.2, 0) is 0 Å². The van der Waals surface area contributed by atoms with E-state index in [0.717, 1.165) is 57.3 Å². The van der Waals surface area contributed by atoms with Crippen molar-refractivity contribution in [2.24, 2.45) is 0 Å². The van der Waals surface area contributed by atoms with Crippen LogP contribution in [0.5, 0.6) is 5.75 Å². The zero-order chi connectivity index (χ0) is 27.4. The minimum Gasteiger partial charge on any atom is -0.424 e. The molecule has 2 fully saturated rings. The average Bonchev–Trinajstić information content (AvgIpc) is 3.38. The number of aromatic nitrogens is 1. The van der Waals surface area contributed by atoms with Crippen LogP contribution in [0.3, 0.4) is 0 Å². The third-order valence-electron chi connectivity index (χ3n) is 7.23. The Morgan fingerprint density at radius 1 is 1.05 bits per heavy atom. The molecule has 208 valence electrons. The number of hydrogen-bond donors (Lipinski definition) is 2. The van der Waals surface area contributed by atoms with Gasteiger partial charge in [0, 0.05) is 54.6 Å². The fourth-order valence-corrected chi connectivity index (χ4v) is 5.42. The van der Waals surface area contributed by atoms with Crippen molar-refractivity contribution < 1.29 is 27.2 Å². The van der Waals surface area contributed by atoms with Gasteiger partial charge in [0.1, 0.15) is 5.75 Å². The second-order valence-corrected chi connectivity index (χ2v) is 9.97. The lowest BCUT2D eigenvalue weighted by atomic mass is 9.89. The molecular weight excluding hydrogens is 515 g/mol. The number of rotatable bonds is 8. The van der Waals surface area contributed by atoms with E-state index >= 15 is 0 Å². The van der Waals surface area contributed by atoms with Crippen LogP contribution in [0.15, 0.2) is 59.1 Å². The van der Waals surface area contributed by atoms with E-state index < -0.39 is 11.3 Å². The summed E-state index contributed by atoms with van der Waals surface area (Å²) in [5.41, 5.74) is 1.49. The maximum Gasteiger partial charge on any atom is 0.573 e. The number of nitrogens with one attached hydrogen (secondary N) is 2. The molecule has 3 atom stereocenters. The van der Waals surface area contributed by atoms with Gasteiger partial charge in [-0.1, -0.05) is 25.0 Å². The van der Waals surface area contributed by atoms with Gasteiger partial charge in [0.2, 0.25) is 0 Å². The number of benzene rings is 2. The molecule has 39 heavy (non-hydrogen) atoms. The minimum atomic E-state index is -4.77. The molecule has 0 bridgehead atoms. The first kappa shape index (κ1) is 26.8. The van der Waals surface area contributed by atoms with Gasteiger partial charge in [0.05, 0.1) is 11.1 Å². The molecule has 9 nitrogen and oxygen atoms in total. The van der Waals surface area contributed by atoms with Crippen LogP contribution < -0.4 is 20.3 Å². The van der Waals surface area contributed by atoms with E-state index in [1.54, 1.807) is 18.2 Å². The summed E-state index contributed by atoms with van der Waals surface area (Å²) in [6.45, 7) is 1.71. The van der Waals surface area contributed by atoms with E-state index in [4.69, 9.17) is 4.42 Å². The third-order valence-corrected chi connectivity index (χ3v) is 7.23. The van der Waals surface area contributed by atoms with Crippen LogP contribution in [0.1, 0.15) is 38.5 Å². The summed E-state index contributed by atoms with van der Waals surface area (Å²) in [7, 11) is 0. The van der Waals surface area contributed by atoms with E-state index in [2.05, 4.69) is 25.3 Å². The van der Waals surface area contributed by atoms with Gasteiger partial charge in [-0.25, -0.2) is 4.98 Å². The quantitative estimate of drug-likeness (QED) is 0.257. The molecule has 5 rings (SSSR count). The lowest BCUT2D eigenvalue weighted by Gasteiger charge is -2.40. The number of alkyl halides is 3. The molecule has 1 saturated carbocycles. The molecule has 2 N–H and O–H groups in total. The van der Waals surface area contributed by atoms with Crippen LogP contribution in [-0.4, -0.2) is 47.5 Å². The van der Waals surface area contributed by atoms with Gasteiger partial charge >= 0.3 is 6.36 Å². The predicted molar refractivity (Wildman–Crippen MR) is 140 cm³/mol. The number of oxazole rings is 1. The number of ether oxygens (including phenoxy) is 1. The van der Waals surface area contributed by atoms with Gasteiger partial charge in [-0.05, 0) is 49.9 Å². The van der Waals surface area contributed by atoms with Crippen molar-refractivity contribution in [1.82, 2.24) is 10.3 Å². The summed E-state index contributed by atoms with van der Waals surface area (Å²) in [6, 6.07) is 13.2. The molecule has 1 saturated heterocycles. The van der Waals surface area contributed by atoms with Crippen LogP contribution in [0.4, 0.5) is 30.6 Å². The summed E-state index contributed by atoms with van der Waals surface area (Å²) in [5, 5.41) is 18.2. The molecule has 2 aromatic carbocycles. The Balaban J connectivity index is 1.21. The topological polar surface area (TPSA) is 106 Å². The van der Waals surface area contributed by atoms with Crippen molar-refractivity contribution in [3.05, 3.63) is 64.8 Å². The first-order chi connectivity index (χ1) is 18.7. The normalized spacial score (nSPS) is 21.9. The fourth-order valence-electron chi connectivity index (χ4n) is 5.42. The highest BCUT2D eigenvalue weighted by molar-refractivity contribution is 5.60. The third kappa shape index (κ3) is 6.99. The highest BCUT2D eigenvalue weighted by Crippen LogP contribution is 2.31. The molecule has 12 heteroatoms. The molecule has 1 aliphatic carbocycles. The van der Waals surface area contributed by atoms with Gasteiger partial charge in [-0.2, -0.15) is 0 Å². The number of nitrogens with zero attached hydrogens (tertiary/aromatic N) is 3. The van der Waals surface area contributed by atoms with Crippen LogP contribution >= 0.6 is 0 Å². The lowest BCUT2D eigenvalue weighted by Crippen LogP contribution is -2.54. The van der Waals surface area contributed by atoms with Crippen LogP contribution in [0.2, 0.25) is 0 Å². The van der Waals surface area contributed by atoms with Gasteiger partial charge in [-0.15, -0.1) is 13.2 Å². The molecule has 1 aromatic heterocycles. The molecule has 1 aliphatic heterocycles. The SMILES string of the molecule is O=[N+]([O-])c1ccc(N2CCC[C@H](NC3CCCCC3Nc3ncc(-c4cccc(OC(F)(F)F)c4)o3)C2)cc1. The van der Waals surface area contributed by atoms with E-state index in [1.165, 1.54) is 36.5 Å². The van der Waals surface area contributed by atoms with Crippen molar-refractivity contribution in [2.75, 3.05) is 23.3 Å². The zero-order valence-corrected chi connectivity index (χ0v) is 21.2. The second-order valence-electron chi connectivity index (χ2n) is 9.97. The molecule has 0 radical (unpaired) electrons. The number of hydrogen-bond acceptors (Lipinski definition) is 8. The minimum absolute atomic E-state index is 0.0820. The first-order valence-corrected chi connectivity index (χ1v) is 13.1. The van der Waals surface area contributed by atoms with Crippen molar-refractivity contribution in [3.8, 4) is 17.1 Å². The lowest BCUT2D eigenvalue weighted by molar-refractivity contribution is -0.384. The Bertz CT molecular complexity index is 1270. The van der Waals surface area contributed by atoms with Crippen molar-refractivity contribution in [3.63, 3.8) is 0 Å². The Labute approximate surface area is 223 Å². The maximum absolute atomic E-state index is 12.6. The summed E-state index contributed by atoms with van der Waals surface area (Å²) in [5.74, 6) is 0.0224. The average molecular weight is 546 g/mol. The van der Waals surface area contributed by atoms with Crippen molar-refractivity contribution >= 4 is 17.4 Å². The standard InChI is InChI=1S/C27H30F3N5O4/c28-27(29,30)39-22-7-3-5-18(15-22)25-16-31-26(38-25)33-24-9-2-1-8-23(24)32-19-6-4-14-34(17-19)20-10-12-21(13-11-20)35(36)37/h3,5,7,10-13,15-16,19,23-24,32H,1-2,4,6,8-9,14,17H2,(H,31,33)/t19-,23?,24?/m0/s1. The number of nitro groups is 1. The Hall–Kier alpha value is -3.80. The number of halogens is 3. The molecular formula is C27H30F3N5O4. The highest BCUT2D eigenvalue weighted by Gasteiger charge is 2.32. The van der Waals surface area contributed by atoms with Crippen molar-refractivity contribution in [2.45, 2.75) is 63.0 Å². The summed E-state index contributed by atoms with van der Waals surface area (Å²) in [4.78, 5) is 17.2. The Morgan fingerprint density at radius 2 is 1.82 bits per heavy atom. The van der Waals surface area contributed by atoms with E-state index in [0.29, 0.717) is 17.3 Å². The zero-order valence-electron chi connectivity index (χ0n) is 21.2. The molecule has 2 unspecified atom stereocenters.